The van der Waals surface area contributed by atoms with E-state index in [0.29, 0.717) is 0 Å². The minimum absolute atomic E-state index is 1.25. The number of hydrogen-bond donors (Lipinski definition) is 1. The van der Waals surface area contributed by atoms with Crippen molar-refractivity contribution in [3.8, 4) is 22.4 Å². The van der Waals surface area contributed by atoms with Gasteiger partial charge >= 0.3 is 0 Å². The molecule has 1 aliphatic rings. The summed E-state index contributed by atoms with van der Waals surface area (Å²) in [5, 5.41) is 6.60. The maximum absolute atomic E-state index is 3.73. The lowest BCUT2D eigenvalue weighted by atomic mass is 10.00. The lowest BCUT2D eigenvalue weighted by Gasteiger charge is -2.04. The fourth-order valence-electron chi connectivity index (χ4n) is 4.18. The van der Waals surface area contributed by atoms with Gasteiger partial charge in [-0.15, -0.1) is 0 Å². The Labute approximate surface area is 133 Å². The molecule has 0 bridgehead atoms. The highest BCUT2D eigenvalue weighted by molar-refractivity contribution is 6.24. The summed E-state index contributed by atoms with van der Waals surface area (Å²) in [6, 6.07) is 26.3. The largest absolute Gasteiger partial charge is 0.353 e. The summed E-state index contributed by atoms with van der Waals surface area (Å²) in [6.07, 6.45) is 0. The number of aromatic amines is 1. The number of rotatable bonds is 0. The molecule has 23 heavy (non-hydrogen) atoms. The molecule has 0 aliphatic heterocycles. The summed E-state index contributed by atoms with van der Waals surface area (Å²) in [5.74, 6) is 0. The normalized spacial score (nSPS) is 12.3. The Hall–Kier alpha value is -3.06. The molecule has 0 saturated heterocycles. The van der Waals surface area contributed by atoms with Crippen LogP contribution in [0.3, 0.4) is 0 Å². The number of nitrogens with one attached hydrogen (secondary N) is 1. The van der Waals surface area contributed by atoms with Gasteiger partial charge in [0.25, 0.3) is 0 Å². The molecule has 0 fully saturated rings. The van der Waals surface area contributed by atoms with Crippen LogP contribution in [0.2, 0.25) is 0 Å². The molecule has 4 aromatic carbocycles. The van der Waals surface area contributed by atoms with E-state index in [1.54, 1.807) is 0 Å². The van der Waals surface area contributed by atoms with Gasteiger partial charge in [-0.1, -0.05) is 72.8 Å². The molecule has 0 unspecified atom stereocenters. The van der Waals surface area contributed by atoms with Crippen molar-refractivity contribution < 1.29 is 0 Å². The van der Waals surface area contributed by atoms with E-state index in [1.165, 1.54) is 54.8 Å². The van der Waals surface area contributed by atoms with Crippen molar-refractivity contribution in [1.29, 1.82) is 0 Å². The van der Waals surface area contributed by atoms with Crippen LogP contribution in [0.15, 0.2) is 72.8 Å². The predicted molar refractivity (Wildman–Crippen MR) is 97.7 cm³/mol. The quantitative estimate of drug-likeness (QED) is 0.347. The standard InChI is InChI=1S/C22H13N/c1-2-8-15-13(5-1)11-12-18-20-16-9-3-6-14-7-4-10-17(19(14)16)22(20)23-21(15)18/h1-12,23H. The fourth-order valence-corrected chi connectivity index (χ4v) is 4.18. The number of fused-ring (bicyclic) bond motifs is 7. The van der Waals surface area contributed by atoms with Gasteiger partial charge in [-0.05, 0) is 21.7 Å². The van der Waals surface area contributed by atoms with Gasteiger partial charge in [0.15, 0.2) is 0 Å². The third-order valence-corrected chi connectivity index (χ3v) is 5.14. The second-order valence-corrected chi connectivity index (χ2v) is 6.29. The zero-order valence-electron chi connectivity index (χ0n) is 12.4. The molecule has 0 atom stereocenters. The molecule has 0 spiro atoms. The highest BCUT2D eigenvalue weighted by Gasteiger charge is 2.25. The van der Waals surface area contributed by atoms with Crippen LogP contribution in [-0.4, -0.2) is 4.98 Å². The van der Waals surface area contributed by atoms with Crippen molar-refractivity contribution in [3.05, 3.63) is 72.8 Å². The fraction of sp³-hybridized carbons (Fsp3) is 0. The zero-order chi connectivity index (χ0) is 15.0. The van der Waals surface area contributed by atoms with Crippen LogP contribution in [-0.2, 0) is 0 Å². The van der Waals surface area contributed by atoms with Crippen LogP contribution < -0.4 is 0 Å². The van der Waals surface area contributed by atoms with Gasteiger partial charge in [-0.3, -0.25) is 0 Å². The van der Waals surface area contributed by atoms with Gasteiger partial charge in [-0.25, -0.2) is 0 Å². The second kappa shape index (κ2) is 3.82. The summed E-state index contributed by atoms with van der Waals surface area (Å²) < 4.78 is 0. The third kappa shape index (κ3) is 1.29. The summed E-state index contributed by atoms with van der Waals surface area (Å²) in [6.45, 7) is 0. The van der Waals surface area contributed by atoms with E-state index in [2.05, 4.69) is 77.8 Å². The molecule has 1 nitrogen and oxygen atoms in total. The first-order valence-corrected chi connectivity index (χ1v) is 7.98. The van der Waals surface area contributed by atoms with Crippen molar-refractivity contribution in [2.24, 2.45) is 0 Å². The van der Waals surface area contributed by atoms with Crippen LogP contribution in [0.5, 0.6) is 0 Å². The highest BCUT2D eigenvalue weighted by Crippen LogP contribution is 2.50. The minimum atomic E-state index is 1.25. The Bertz CT molecular complexity index is 1250. The average Bonchev–Trinajstić information content (AvgIpc) is 3.13. The van der Waals surface area contributed by atoms with Crippen LogP contribution in [0.4, 0.5) is 0 Å². The molecule has 1 N–H and O–H groups in total. The van der Waals surface area contributed by atoms with Gasteiger partial charge in [0.2, 0.25) is 0 Å². The molecule has 0 amide bonds. The predicted octanol–water partition coefficient (Wildman–Crippen LogP) is 6.12. The zero-order valence-corrected chi connectivity index (χ0v) is 12.4. The third-order valence-electron chi connectivity index (χ3n) is 5.14. The first-order chi connectivity index (χ1) is 11.4. The van der Waals surface area contributed by atoms with E-state index < -0.39 is 0 Å². The van der Waals surface area contributed by atoms with Gasteiger partial charge in [0.05, 0.1) is 11.2 Å². The smallest absolute Gasteiger partial charge is 0.0551 e. The molecule has 1 heterocycles. The maximum Gasteiger partial charge on any atom is 0.0551 e. The number of benzene rings is 4. The molecule has 106 valence electrons. The number of hydrogen-bond acceptors (Lipinski definition) is 0. The van der Waals surface area contributed by atoms with E-state index in [4.69, 9.17) is 0 Å². The van der Waals surface area contributed by atoms with Crippen LogP contribution >= 0.6 is 0 Å². The van der Waals surface area contributed by atoms with E-state index in [-0.39, 0.29) is 0 Å². The summed E-state index contributed by atoms with van der Waals surface area (Å²) >= 11 is 0. The van der Waals surface area contributed by atoms with E-state index in [9.17, 15) is 0 Å². The Morgan fingerprint density at radius 3 is 2.26 bits per heavy atom. The first kappa shape index (κ1) is 11.5. The average molecular weight is 291 g/mol. The summed E-state index contributed by atoms with van der Waals surface area (Å²) in [4.78, 5) is 3.73. The lowest BCUT2D eigenvalue weighted by molar-refractivity contribution is 1.49. The van der Waals surface area contributed by atoms with Crippen molar-refractivity contribution in [3.63, 3.8) is 0 Å². The second-order valence-electron chi connectivity index (χ2n) is 6.29. The van der Waals surface area contributed by atoms with Crippen LogP contribution in [0, 0.1) is 0 Å². The molecule has 1 aliphatic carbocycles. The van der Waals surface area contributed by atoms with Crippen LogP contribution in [0.25, 0.3) is 54.8 Å². The Morgan fingerprint density at radius 1 is 0.565 bits per heavy atom. The van der Waals surface area contributed by atoms with E-state index in [1.807, 2.05) is 0 Å². The Kier molecular flexibility index (Phi) is 1.91. The maximum atomic E-state index is 3.73. The van der Waals surface area contributed by atoms with Crippen molar-refractivity contribution in [2.45, 2.75) is 0 Å². The van der Waals surface area contributed by atoms with Crippen molar-refractivity contribution >= 4 is 32.4 Å². The Balaban J connectivity index is 1.86. The molecule has 1 aromatic heterocycles. The topological polar surface area (TPSA) is 15.8 Å². The molecular formula is C22H13N. The SMILES string of the molecule is c1cc2c3c(cccc3c1)-c1c-2[nH]c2c1ccc1ccccc12. The highest BCUT2D eigenvalue weighted by atomic mass is 14.7. The lowest BCUT2D eigenvalue weighted by Crippen LogP contribution is -1.79. The van der Waals surface area contributed by atoms with Crippen molar-refractivity contribution in [2.75, 3.05) is 0 Å². The molecular weight excluding hydrogens is 278 g/mol. The van der Waals surface area contributed by atoms with Crippen LogP contribution in [0.1, 0.15) is 0 Å². The van der Waals surface area contributed by atoms with E-state index in [0.717, 1.165) is 0 Å². The first-order valence-electron chi connectivity index (χ1n) is 7.98. The number of aromatic nitrogens is 1. The molecule has 0 radical (unpaired) electrons. The Morgan fingerprint density at radius 2 is 1.35 bits per heavy atom. The van der Waals surface area contributed by atoms with Gasteiger partial charge < -0.3 is 4.98 Å². The minimum Gasteiger partial charge on any atom is -0.353 e. The summed E-state index contributed by atoms with van der Waals surface area (Å²) in [5.41, 5.74) is 6.56. The van der Waals surface area contributed by atoms with Gasteiger partial charge in [0, 0.05) is 21.9 Å². The van der Waals surface area contributed by atoms with E-state index >= 15 is 0 Å². The summed E-state index contributed by atoms with van der Waals surface area (Å²) in [7, 11) is 0. The molecule has 1 heteroatoms. The molecule has 6 rings (SSSR count). The molecule has 0 saturated carbocycles. The number of H-pyrrole nitrogens is 1. The van der Waals surface area contributed by atoms with Gasteiger partial charge in [-0.2, -0.15) is 0 Å². The monoisotopic (exact) mass is 291 g/mol. The van der Waals surface area contributed by atoms with Crippen molar-refractivity contribution in [1.82, 2.24) is 4.98 Å². The molecule has 5 aromatic rings. The van der Waals surface area contributed by atoms with Gasteiger partial charge in [0.1, 0.15) is 0 Å².